The van der Waals surface area contributed by atoms with Crippen LogP contribution in [0.3, 0.4) is 0 Å². The fraction of sp³-hybridized carbons (Fsp3) is 0.200. The van der Waals surface area contributed by atoms with Crippen LogP contribution in [0, 0.1) is 0 Å². The summed E-state index contributed by atoms with van der Waals surface area (Å²) in [5.74, 6) is -0.254. The van der Waals surface area contributed by atoms with Gasteiger partial charge in [-0.15, -0.1) is 5.10 Å². The molecule has 6 heteroatoms. The Labute approximate surface area is 91.8 Å². The highest BCUT2D eigenvalue weighted by molar-refractivity contribution is 5.72. The van der Waals surface area contributed by atoms with E-state index in [1.165, 1.54) is 13.4 Å². The van der Waals surface area contributed by atoms with Gasteiger partial charge >= 0.3 is 5.97 Å². The van der Waals surface area contributed by atoms with Gasteiger partial charge in [-0.3, -0.25) is 4.79 Å². The molecule has 0 amide bonds. The third kappa shape index (κ3) is 2.22. The number of esters is 1. The van der Waals surface area contributed by atoms with Crippen molar-refractivity contribution in [2.24, 2.45) is 0 Å². The molecule has 0 saturated heterocycles. The van der Waals surface area contributed by atoms with E-state index in [4.69, 9.17) is 0 Å². The van der Waals surface area contributed by atoms with Crippen molar-refractivity contribution >= 4 is 5.97 Å². The van der Waals surface area contributed by atoms with Gasteiger partial charge in [0.2, 0.25) is 0 Å². The van der Waals surface area contributed by atoms with E-state index in [0.29, 0.717) is 0 Å². The minimum absolute atomic E-state index is 0.254. The Morgan fingerprint density at radius 1 is 1.38 bits per heavy atom. The topological polar surface area (TPSA) is 69.9 Å². The molecule has 1 heterocycles. The first-order valence-corrected chi connectivity index (χ1v) is 4.68. The molecule has 16 heavy (non-hydrogen) atoms. The highest BCUT2D eigenvalue weighted by Gasteiger charge is 2.03. The third-order valence-electron chi connectivity index (χ3n) is 2.13. The van der Waals surface area contributed by atoms with E-state index in [2.05, 4.69) is 20.3 Å². The molecule has 0 N–H and O–H groups in total. The quantitative estimate of drug-likeness (QED) is 0.696. The molecule has 0 fully saturated rings. The van der Waals surface area contributed by atoms with Crippen molar-refractivity contribution in [3.8, 4) is 5.69 Å². The largest absolute Gasteiger partial charge is 0.469 e. The molecule has 2 rings (SSSR count). The first-order chi connectivity index (χ1) is 7.79. The molecular formula is C10H10N4O2. The predicted molar refractivity (Wildman–Crippen MR) is 54.9 cm³/mol. The number of benzene rings is 1. The van der Waals surface area contributed by atoms with Crippen molar-refractivity contribution in [3.63, 3.8) is 0 Å². The van der Waals surface area contributed by atoms with Gasteiger partial charge in [0.15, 0.2) is 0 Å². The van der Waals surface area contributed by atoms with E-state index in [1.54, 1.807) is 4.68 Å². The van der Waals surface area contributed by atoms with Gasteiger partial charge in [0.05, 0.1) is 19.2 Å². The zero-order valence-corrected chi connectivity index (χ0v) is 8.70. The maximum absolute atomic E-state index is 11.0. The monoisotopic (exact) mass is 218 g/mol. The molecule has 0 unspecified atom stereocenters. The van der Waals surface area contributed by atoms with Crippen molar-refractivity contribution in [2.75, 3.05) is 7.11 Å². The molecule has 0 spiro atoms. The fourth-order valence-corrected chi connectivity index (χ4v) is 1.28. The Bertz CT molecular complexity index is 464. The van der Waals surface area contributed by atoms with E-state index in [-0.39, 0.29) is 12.4 Å². The Balaban J connectivity index is 2.14. The van der Waals surface area contributed by atoms with Gasteiger partial charge in [-0.25, -0.2) is 4.68 Å². The lowest BCUT2D eigenvalue weighted by atomic mass is 10.1. The lowest BCUT2D eigenvalue weighted by molar-refractivity contribution is -0.139. The zero-order chi connectivity index (χ0) is 11.4. The molecular weight excluding hydrogens is 208 g/mol. The van der Waals surface area contributed by atoms with Crippen LogP contribution in [-0.4, -0.2) is 33.3 Å². The minimum Gasteiger partial charge on any atom is -0.469 e. The molecule has 0 aliphatic rings. The number of methoxy groups -OCH3 is 1. The van der Waals surface area contributed by atoms with Crippen LogP contribution in [-0.2, 0) is 16.0 Å². The van der Waals surface area contributed by atoms with Gasteiger partial charge in [-0.05, 0) is 28.1 Å². The number of ether oxygens (including phenoxy) is 1. The lowest BCUT2D eigenvalue weighted by Crippen LogP contribution is -2.04. The van der Waals surface area contributed by atoms with Gasteiger partial charge in [-0.2, -0.15) is 0 Å². The van der Waals surface area contributed by atoms with E-state index in [1.807, 2.05) is 24.3 Å². The average Bonchev–Trinajstić information content (AvgIpc) is 2.83. The second-order valence-corrected chi connectivity index (χ2v) is 3.17. The zero-order valence-electron chi connectivity index (χ0n) is 8.70. The standard InChI is InChI=1S/C10H10N4O2/c1-16-10(15)6-8-2-4-9(5-3-8)14-7-11-12-13-14/h2-5,7H,6H2,1H3. The van der Waals surface area contributed by atoms with Crippen LogP contribution >= 0.6 is 0 Å². The lowest BCUT2D eigenvalue weighted by Gasteiger charge is -2.02. The van der Waals surface area contributed by atoms with Gasteiger partial charge in [0.1, 0.15) is 6.33 Å². The molecule has 0 saturated carbocycles. The molecule has 1 aromatic carbocycles. The Morgan fingerprint density at radius 3 is 2.69 bits per heavy atom. The Kier molecular flexibility index (Phi) is 2.90. The predicted octanol–water partition coefficient (Wildman–Crippen LogP) is 0.378. The van der Waals surface area contributed by atoms with Gasteiger partial charge in [0, 0.05) is 0 Å². The van der Waals surface area contributed by atoms with Crippen molar-refractivity contribution in [2.45, 2.75) is 6.42 Å². The number of nitrogens with zero attached hydrogens (tertiary/aromatic N) is 4. The summed E-state index contributed by atoms with van der Waals surface area (Å²) in [6.45, 7) is 0. The molecule has 1 aromatic heterocycles. The molecule has 82 valence electrons. The summed E-state index contributed by atoms with van der Waals surface area (Å²) in [7, 11) is 1.37. The third-order valence-corrected chi connectivity index (χ3v) is 2.13. The number of tetrazole rings is 1. The number of carbonyl (C=O) groups excluding carboxylic acids is 1. The van der Waals surface area contributed by atoms with Gasteiger partial charge < -0.3 is 4.74 Å². The summed E-state index contributed by atoms with van der Waals surface area (Å²) >= 11 is 0. The van der Waals surface area contributed by atoms with Crippen LogP contribution in [0.4, 0.5) is 0 Å². The Hall–Kier alpha value is -2.24. The molecule has 2 aromatic rings. The molecule has 6 nitrogen and oxygen atoms in total. The van der Waals surface area contributed by atoms with Crippen LogP contribution in [0.25, 0.3) is 5.69 Å². The molecule has 0 aliphatic heterocycles. The first kappa shape index (κ1) is 10.3. The summed E-state index contributed by atoms with van der Waals surface area (Å²) in [6.07, 6.45) is 1.78. The SMILES string of the molecule is COC(=O)Cc1ccc(-n2cnnn2)cc1. The number of aromatic nitrogens is 4. The maximum Gasteiger partial charge on any atom is 0.309 e. The maximum atomic E-state index is 11.0. The summed E-state index contributed by atoms with van der Waals surface area (Å²) in [6, 6.07) is 7.37. The smallest absolute Gasteiger partial charge is 0.309 e. The van der Waals surface area contributed by atoms with Gasteiger partial charge in [0.25, 0.3) is 0 Å². The number of hydrogen-bond donors (Lipinski definition) is 0. The second-order valence-electron chi connectivity index (χ2n) is 3.17. The number of hydrogen-bond acceptors (Lipinski definition) is 5. The summed E-state index contributed by atoms with van der Waals surface area (Å²) in [4.78, 5) is 11.0. The molecule has 0 aliphatic carbocycles. The van der Waals surface area contributed by atoms with E-state index in [9.17, 15) is 4.79 Å². The van der Waals surface area contributed by atoms with Crippen LogP contribution in [0.15, 0.2) is 30.6 Å². The van der Waals surface area contributed by atoms with Crippen LogP contribution in [0.5, 0.6) is 0 Å². The van der Waals surface area contributed by atoms with Crippen molar-refractivity contribution in [1.82, 2.24) is 20.2 Å². The van der Waals surface area contributed by atoms with E-state index < -0.39 is 0 Å². The average molecular weight is 218 g/mol. The number of rotatable bonds is 3. The molecule has 0 radical (unpaired) electrons. The first-order valence-electron chi connectivity index (χ1n) is 4.68. The van der Waals surface area contributed by atoms with Crippen molar-refractivity contribution in [3.05, 3.63) is 36.2 Å². The van der Waals surface area contributed by atoms with E-state index in [0.717, 1.165) is 11.3 Å². The normalized spacial score (nSPS) is 10.1. The van der Waals surface area contributed by atoms with Crippen LogP contribution < -0.4 is 0 Å². The van der Waals surface area contributed by atoms with Gasteiger partial charge in [-0.1, -0.05) is 12.1 Å². The fourth-order valence-electron chi connectivity index (χ4n) is 1.28. The molecule has 0 bridgehead atoms. The highest BCUT2D eigenvalue weighted by atomic mass is 16.5. The summed E-state index contributed by atoms with van der Waals surface area (Å²) in [5, 5.41) is 10.8. The minimum atomic E-state index is -0.254. The van der Waals surface area contributed by atoms with Crippen molar-refractivity contribution < 1.29 is 9.53 Å². The highest BCUT2D eigenvalue weighted by Crippen LogP contribution is 2.08. The summed E-state index contributed by atoms with van der Waals surface area (Å²) in [5.41, 5.74) is 1.74. The van der Waals surface area contributed by atoms with Crippen LogP contribution in [0.2, 0.25) is 0 Å². The number of carbonyl (C=O) groups is 1. The van der Waals surface area contributed by atoms with E-state index >= 15 is 0 Å². The van der Waals surface area contributed by atoms with Crippen LogP contribution in [0.1, 0.15) is 5.56 Å². The Morgan fingerprint density at radius 2 is 2.12 bits per heavy atom. The van der Waals surface area contributed by atoms with Crippen molar-refractivity contribution in [1.29, 1.82) is 0 Å². The molecule has 0 atom stereocenters. The second kappa shape index (κ2) is 4.52. The summed E-state index contributed by atoms with van der Waals surface area (Å²) < 4.78 is 6.12.